The van der Waals surface area contributed by atoms with E-state index in [2.05, 4.69) is 10.1 Å². The van der Waals surface area contributed by atoms with Gasteiger partial charge >= 0.3 is 6.61 Å². The van der Waals surface area contributed by atoms with E-state index < -0.39 is 6.61 Å². The lowest BCUT2D eigenvalue weighted by Crippen LogP contribution is -2.13. The maximum absolute atomic E-state index is 12.5. The molecule has 22 heavy (non-hydrogen) atoms. The number of hydrogen-bond donors (Lipinski definition) is 1. The second kappa shape index (κ2) is 6.05. The molecule has 116 valence electrons. The molecule has 1 aliphatic heterocycles. The van der Waals surface area contributed by atoms with Crippen LogP contribution in [-0.2, 0) is 4.79 Å². The van der Waals surface area contributed by atoms with Crippen LogP contribution >= 0.6 is 0 Å². The zero-order chi connectivity index (χ0) is 15.5. The molecular weight excluding hydrogens is 296 g/mol. The zero-order valence-corrected chi connectivity index (χ0v) is 11.4. The highest BCUT2D eigenvalue weighted by Crippen LogP contribution is 2.36. The van der Waals surface area contributed by atoms with Crippen molar-refractivity contribution < 1.29 is 27.5 Å². The minimum Gasteiger partial charge on any atom is -0.469 e. The molecule has 5 nitrogen and oxygen atoms in total. The van der Waals surface area contributed by atoms with Crippen LogP contribution in [0, 0.1) is 0 Å². The number of ether oxygens (including phenoxy) is 2. The number of carbonyl (C=O) groups excluding carboxylic acids is 1. The Kier molecular flexibility index (Phi) is 3.95. The van der Waals surface area contributed by atoms with Crippen molar-refractivity contribution in [1.29, 1.82) is 0 Å². The summed E-state index contributed by atoms with van der Waals surface area (Å²) in [4.78, 5) is 11.3. The van der Waals surface area contributed by atoms with Gasteiger partial charge in [0, 0.05) is 24.9 Å². The fourth-order valence-electron chi connectivity index (χ4n) is 2.33. The van der Waals surface area contributed by atoms with Gasteiger partial charge < -0.3 is 19.2 Å². The van der Waals surface area contributed by atoms with Gasteiger partial charge in [0.15, 0.2) is 17.2 Å². The molecule has 0 spiro atoms. The number of amides is 1. The first-order chi connectivity index (χ1) is 10.6. The van der Waals surface area contributed by atoms with Crippen molar-refractivity contribution in [2.75, 3.05) is 6.54 Å². The third kappa shape index (κ3) is 3.19. The van der Waals surface area contributed by atoms with Crippen molar-refractivity contribution in [2.24, 2.45) is 0 Å². The summed E-state index contributed by atoms with van der Waals surface area (Å²) in [5.41, 5.74) is 0.818. The molecule has 1 aromatic carbocycles. The first kappa shape index (κ1) is 14.4. The molecule has 0 aliphatic carbocycles. The molecule has 1 amide bonds. The average molecular weight is 309 g/mol. The molecule has 1 atom stereocenters. The van der Waals surface area contributed by atoms with Gasteiger partial charge in [-0.25, -0.2) is 0 Å². The van der Waals surface area contributed by atoms with E-state index in [0.29, 0.717) is 18.7 Å². The Hall–Kier alpha value is -2.57. The van der Waals surface area contributed by atoms with Gasteiger partial charge in [-0.3, -0.25) is 4.79 Å². The Morgan fingerprint density at radius 1 is 1.27 bits per heavy atom. The number of hydrogen-bond acceptors (Lipinski definition) is 4. The third-order valence-corrected chi connectivity index (χ3v) is 3.36. The van der Waals surface area contributed by atoms with E-state index in [9.17, 15) is 13.6 Å². The molecule has 2 heterocycles. The molecule has 1 fully saturated rings. The van der Waals surface area contributed by atoms with Crippen molar-refractivity contribution >= 4 is 5.91 Å². The summed E-state index contributed by atoms with van der Waals surface area (Å²) in [6, 6.07) is 6.24. The minimum atomic E-state index is -2.95. The lowest BCUT2D eigenvalue weighted by Gasteiger charge is -2.14. The highest BCUT2D eigenvalue weighted by molar-refractivity contribution is 5.79. The summed E-state index contributed by atoms with van der Waals surface area (Å²) in [7, 11) is 0. The standard InChI is InChI=1S/C15H13F2NO4/c16-15(17)22-12-2-1-9(10-6-14(19)18-7-10)5-13(12)21-11-3-4-20-8-11/h1-5,8,10,15H,6-7H2,(H,18,19). The van der Waals surface area contributed by atoms with Crippen LogP contribution in [0.3, 0.4) is 0 Å². The van der Waals surface area contributed by atoms with Gasteiger partial charge in [0.05, 0.1) is 6.26 Å². The monoisotopic (exact) mass is 309 g/mol. The zero-order valence-electron chi connectivity index (χ0n) is 11.4. The number of furan rings is 1. The van der Waals surface area contributed by atoms with Crippen molar-refractivity contribution in [3.8, 4) is 17.2 Å². The van der Waals surface area contributed by atoms with Gasteiger partial charge in [-0.15, -0.1) is 0 Å². The molecule has 1 aromatic heterocycles. The normalized spacial score (nSPS) is 17.6. The highest BCUT2D eigenvalue weighted by atomic mass is 19.3. The maximum Gasteiger partial charge on any atom is 0.387 e. The third-order valence-electron chi connectivity index (χ3n) is 3.36. The number of benzene rings is 1. The summed E-state index contributed by atoms with van der Waals surface area (Å²) in [5, 5.41) is 2.73. The summed E-state index contributed by atoms with van der Waals surface area (Å²) >= 11 is 0. The fraction of sp³-hybridized carbons (Fsp3) is 0.267. The molecule has 0 radical (unpaired) electrons. The van der Waals surface area contributed by atoms with E-state index in [1.165, 1.54) is 18.6 Å². The van der Waals surface area contributed by atoms with E-state index >= 15 is 0 Å². The van der Waals surface area contributed by atoms with Crippen molar-refractivity contribution in [1.82, 2.24) is 5.32 Å². The Morgan fingerprint density at radius 3 is 2.77 bits per heavy atom. The second-order valence-electron chi connectivity index (χ2n) is 4.85. The van der Waals surface area contributed by atoms with Crippen LogP contribution in [0.2, 0.25) is 0 Å². The van der Waals surface area contributed by atoms with Crippen LogP contribution in [0.15, 0.2) is 41.2 Å². The van der Waals surface area contributed by atoms with Gasteiger partial charge in [0.2, 0.25) is 5.91 Å². The van der Waals surface area contributed by atoms with Gasteiger partial charge in [0.25, 0.3) is 0 Å². The highest BCUT2D eigenvalue weighted by Gasteiger charge is 2.24. The quantitative estimate of drug-likeness (QED) is 0.921. The average Bonchev–Trinajstić information content (AvgIpc) is 3.12. The van der Waals surface area contributed by atoms with Gasteiger partial charge in [-0.2, -0.15) is 8.78 Å². The topological polar surface area (TPSA) is 60.7 Å². The van der Waals surface area contributed by atoms with Crippen LogP contribution in [0.1, 0.15) is 17.9 Å². The molecule has 3 rings (SSSR count). The summed E-state index contributed by atoms with van der Waals surface area (Å²) in [6.45, 7) is -2.44. The molecule has 0 saturated carbocycles. The van der Waals surface area contributed by atoms with Crippen LogP contribution in [0.5, 0.6) is 17.2 Å². The molecule has 7 heteroatoms. The first-order valence-electron chi connectivity index (χ1n) is 6.67. The van der Waals surface area contributed by atoms with E-state index in [0.717, 1.165) is 5.56 Å². The van der Waals surface area contributed by atoms with Crippen molar-refractivity contribution in [2.45, 2.75) is 19.0 Å². The van der Waals surface area contributed by atoms with Crippen LogP contribution < -0.4 is 14.8 Å². The van der Waals surface area contributed by atoms with E-state index in [1.807, 2.05) is 0 Å². The fourth-order valence-corrected chi connectivity index (χ4v) is 2.33. The second-order valence-corrected chi connectivity index (χ2v) is 4.85. The minimum absolute atomic E-state index is 0.0141. The molecule has 1 aliphatic rings. The summed E-state index contributed by atoms with van der Waals surface area (Å²) in [6.07, 6.45) is 3.12. The smallest absolute Gasteiger partial charge is 0.387 e. The van der Waals surface area contributed by atoms with E-state index in [-0.39, 0.29) is 23.3 Å². The number of carbonyl (C=O) groups is 1. The van der Waals surface area contributed by atoms with E-state index in [4.69, 9.17) is 9.15 Å². The predicted octanol–water partition coefficient (Wildman–Crippen LogP) is 3.28. The molecule has 2 aromatic rings. The Morgan fingerprint density at radius 2 is 2.14 bits per heavy atom. The largest absolute Gasteiger partial charge is 0.469 e. The Bertz CT molecular complexity index is 658. The number of nitrogens with one attached hydrogen (secondary N) is 1. The Balaban J connectivity index is 1.89. The maximum atomic E-state index is 12.5. The van der Waals surface area contributed by atoms with Crippen LogP contribution in [-0.4, -0.2) is 19.1 Å². The Labute approximate surface area is 124 Å². The van der Waals surface area contributed by atoms with Crippen LogP contribution in [0.4, 0.5) is 8.78 Å². The lowest BCUT2D eigenvalue weighted by molar-refractivity contribution is -0.119. The molecule has 0 bridgehead atoms. The van der Waals surface area contributed by atoms with E-state index in [1.54, 1.807) is 18.2 Å². The molecule has 1 unspecified atom stereocenters. The summed E-state index contributed by atoms with van der Waals surface area (Å²) < 4.78 is 39.8. The van der Waals surface area contributed by atoms with Gasteiger partial charge in [-0.05, 0) is 17.7 Å². The first-order valence-corrected chi connectivity index (χ1v) is 6.67. The number of halogens is 2. The van der Waals surface area contributed by atoms with Gasteiger partial charge in [0.1, 0.15) is 6.26 Å². The number of rotatable bonds is 5. The lowest BCUT2D eigenvalue weighted by atomic mass is 9.98. The molecular formula is C15H13F2NO4. The van der Waals surface area contributed by atoms with Crippen molar-refractivity contribution in [3.05, 3.63) is 42.4 Å². The number of alkyl halides is 2. The van der Waals surface area contributed by atoms with Gasteiger partial charge in [-0.1, -0.05) is 6.07 Å². The van der Waals surface area contributed by atoms with Crippen LogP contribution in [0.25, 0.3) is 0 Å². The summed E-state index contributed by atoms with van der Waals surface area (Å²) in [5.74, 6) is 0.405. The molecule has 1 saturated heterocycles. The molecule has 1 N–H and O–H groups in total. The predicted molar refractivity (Wildman–Crippen MR) is 72.2 cm³/mol. The van der Waals surface area contributed by atoms with Crippen molar-refractivity contribution in [3.63, 3.8) is 0 Å². The SMILES string of the molecule is O=C1CC(c2ccc(OC(F)F)c(Oc3ccoc3)c2)CN1.